The van der Waals surface area contributed by atoms with Crippen molar-refractivity contribution in [2.75, 3.05) is 18.4 Å². The van der Waals surface area contributed by atoms with Crippen LogP contribution in [-0.2, 0) is 10.0 Å². The summed E-state index contributed by atoms with van der Waals surface area (Å²) in [5.74, 6) is 0. The fraction of sp³-hybridized carbons (Fsp3) is 0.364. The molecule has 144 valence electrons. The maximum Gasteiger partial charge on any atom is 0.213 e. The smallest absolute Gasteiger partial charge is 0.213 e. The molecule has 0 fully saturated rings. The highest BCUT2D eigenvalue weighted by molar-refractivity contribution is 7.90. The van der Waals surface area contributed by atoms with Crippen molar-refractivity contribution in [1.29, 1.82) is 0 Å². The summed E-state index contributed by atoms with van der Waals surface area (Å²) in [6.07, 6.45) is 2.85. The number of unbranched alkanes of at least 4 members (excludes halogenated alkanes) is 2. The van der Waals surface area contributed by atoms with E-state index in [9.17, 15) is 8.42 Å². The SMILES string of the molecule is CC(C)S(=O)(=O)NCCCCCNc1cccc2cc3ccccc3cc12. The van der Waals surface area contributed by atoms with Crippen molar-refractivity contribution >= 4 is 37.3 Å². The summed E-state index contributed by atoms with van der Waals surface area (Å²) in [4.78, 5) is 0. The van der Waals surface area contributed by atoms with Crippen LogP contribution < -0.4 is 10.0 Å². The number of hydrogen-bond acceptors (Lipinski definition) is 3. The summed E-state index contributed by atoms with van der Waals surface area (Å²) in [7, 11) is -3.14. The van der Waals surface area contributed by atoms with Gasteiger partial charge >= 0.3 is 0 Å². The van der Waals surface area contributed by atoms with Crippen molar-refractivity contribution < 1.29 is 8.42 Å². The number of benzene rings is 3. The second kappa shape index (κ2) is 8.72. The van der Waals surface area contributed by atoms with Crippen LogP contribution in [-0.4, -0.2) is 26.8 Å². The van der Waals surface area contributed by atoms with E-state index < -0.39 is 10.0 Å². The number of nitrogens with one attached hydrogen (secondary N) is 2. The minimum atomic E-state index is -3.14. The Morgan fingerprint density at radius 2 is 1.48 bits per heavy atom. The van der Waals surface area contributed by atoms with Crippen LogP contribution in [0.2, 0.25) is 0 Å². The van der Waals surface area contributed by atoms with Crippen molar-refractivity contribution in [1.82, 2.24) is 4.72 Å². The van der Waals surface area contributed by atoms with Crippen molar-refractivity contribution in [2.24, 2.45) is 0 Å². The molecule has 0 radical (unpaired) electrons. The largest absolute Gasteiger partial charge is 0.385 e. The van der Waals surface area contributed by atoms with Gasteiger partial charge < -0.3 is 5.32 Å². The summed E-state index contributed by atoms with van der Waals surface area (Å²) < 4.78 is 26.1. The van der Waals surface area contributed by atoms with Crippen LogP contribution in [0.25, 0.3) is 21.5 Å². The molecule has 0 amide bonds. The predicted molar refractivity (Wildman–Crippen MR) is 116 cm³/mol. The Hall–Kier alpha value is -2.11. The second-order valence-corrected chi connectivity index (χ2v) is 9.52. The van der Waals surface area contributed by atoms with Gasteiger partial charge in [0.2, 0.25) is 10.0 Å². The Morgan fingerprint density at radius 3 is 2.22 bits per heavy atom. The first-order valence-electron chi connectivity index (χ1n) is 9.61. The summed E-state index contributed by atoms with van der Waals surface area (Å²) in [6.45, 7) is 4.78. The Bertz CT molecular complexity index is 1010. The van der Waals surface area contributed by atoms with E-state index in [1.165, 1.54) is 21.5 Å². The fourth-order valence-electron chi connectivity index (χ4n) is 3.15. The third-order valence-electron chi connectivity index (χ3n) is 4.84. The van der Waals surface area contributed by atoms with Gasteiger partial charge in [-0.25, -0.2) is 13.1 Å². The molecule has 0 heterocycles. The minimum absolute atomic E-state index is 0.374. The van der Waals surface area contributed by atoms with Crippen LogP contribution in [0.5, 0.6) is 0 Å². The molecular formula is C22H28N2O2S. The molecule has 2 N–H and O–H groups in total. The first kappa shape index (κ1) is 19.6. The molecule has 0 saturated heterocycles. The van der Waals surface area contributed by atoms with Crippen molar-refractivity contribution in [3.8, 4) is 0 Å². The molecule has 0 unspecified atom stereocenters. The highest BCUT2D eigenvalue weighted by Gasteiger charge is 2.13. The number of rotatable bonds is 9. The van der Waals surface area contributed by atoms with E-state index in [0.717, 1.165) is 31.5 Å². The van der Waals surface area contributed by atoms with Crippen LogP contribution in [0.3, 0.4) is 0 Å². The molecule has 0 aromatic heterocycles. The number of hydrogen-bond donors (Lipinski definition) is 2. The Balaban J connectivity index is 1.53. The lowest BCUT2D eigenvalue weighted by atomic mass is 10.0. The third kappa shape index (κ3) is 4.99. The Labute approximate surface area is 162 Å². The third-order valence-corrected chi connectivity index (χ3v) is 6.69. The molecule has 0 bridgehead atoms. The lowest BCUT2D eigenvalue weighted by Gasteiger charge is -2.12. The molecule has 3 aromatic carbocycles. The normalized spacial score (nSPS) is 12.1. The summed E-state index contributed by atoms with van der Waals surface area (Å²) in [5, 5.41) is 8.14. The highest BCUT2D eigenvalue weighted by atomic mass is 32.2. The molecule has 0 spiro atoms. The molecule has 0 atom stereocenters. The van der Waals surface area contributed by atoms with E-state index >= 15 is 0 Å². The van der Waals surface area contributed by atoms with Gasteiger partial charge in [-0.2, -0.15) is 0 Å². The number of sulfonamides is 1. The highest BCUT2D eigenvalue weighted by Crippen LogP contribution is 2.28. The fourth-order valence-corrected chi connectivity index (χ4v) is 3.91. The van der Waals surface area contributed by atoms with Gasteiger partial charge in [0.15, 0.2) is 0 Å². The molecule has 4 nitrogen and oxygen atoms in total. The summed E-state index contributed by atoms with van der Waals surface area (Å²) in [5.41, 5.74) is 1.15. The number of fused-ring (bicyclic) bond motifs is 2. The van der Waals surface area contributed by atoms with E-state index in [-0.39, 0.29) is 5.25 Å². The van der Waals surface area contributed by atoms with Crippen LogP contribution in [0.4, 0.5) is 5.69 Å². The molecule has 0 aliphatic heterocycles. The Morgan fingerprint density at radius 1 is 0.815 bits per heavy atom. The zero-order valence-electron chi connectivity index (χ0n) is 16.0. The van der Waals surface area contributed by atoms with E-state index in [1.807, 2.05) is 0 Å². The molecular weight excluding hydrogens is 356 g/mol. The van der Waals surface area contributed by atoms with E-state index in [0.29, 0.717) is 6.54 Å². The van der Waals surface area contributed by atoms with Crippen LogP contribution >= 0.6 is 0 Å². The topological polar surface area (TPSA) is 58.2 Å². The van der Waals surface area contributed by atoms with Gasteiger partial charge in [0.25, 0.3) is 0 Å². The summed E-state index contributed by atoms with van der Waals surface area (Å²) in [6, 6.07) is 19.2. The molecule has 0 saturated carbocycles. The monoisotopic (exact) mass is 384 g/mol. The van der Waals surface area contributed by atoms with Crippen molar-refractivity contribution in [3.63, 3.8) is 0 Å². The summed E-state index contributed by atoms with van der Waals surface area (Å²) >= 11 is 0. The molecule has 0 aliphatic carbocycles. The Kier molecular flexibility index (Phi) is 6.34. The van der Waals surface area contributed by atoms with Crippen molar-refractivity contribution in [2.45, 2.75) is 38.4 Å². The lowest BCUT2D eigenvalue weighted by Crippen LogP contribution is -2.31. The average Bonchev–Trinajstić information content (AvgIpc) is 2.65. The number of anilines is 1. The predicted octanol–water partition coefficient (Wildman–Crippen LogP) is 4.90. The maximum absolute atomic E-state index is 11.7. The zero-order valence-corrected chi connectivity index (χ0v) is 16.9. The van der Waals surface area contributed by atoms with Crippen molar-refractivity contribution in [3.05, 3.63) is 54.6 Å². The van der Waals surface area contributed by atoms with Crippen LogP contribution in [0, 0.1) is 0 Å². The minimum Gasteiger partial charge on any atom is -0.385 e. The standard InChI is InChI=1S/C22H28N2O2S/c1-17(2)27(25,26)24-14-7-3-6-13-23-22-12-8-11-20-15-18-9-4-5-10-19(18)16-21(20)22/h4-5,8-12,15-17,23-24H,3,6-7,13-14H2,1-2H3. The van der Waals surface area contributed by atoms with Gasteiger partial charge in [-0.1, -0.05) is 42.8 Å². The van der Waals surface area contributed by atoms with Gasteiger partial charge in [0, 0.05) is 24.2 Å². The molecule has 5 heteroatoms. The molecule has 0 aliphatic rings. The zero-order chi connectivity index (χ0) is 19.3. The van der Waals surface area contributed by atoms with Gasteiger partial charge in [-0.15, -0.1) is 0 Å². The molecule has 3 aromatic rings. The second-order valence-electron chi connectivity index (χ2n) is 7.20. The van der Waals surface area contributed by atoms with E-state index in [1.54, 1.807) is 13.8 Å². The quantitative estimate of drug-likeness (QED) is 0.407. The average molecular weight is 385 g/mol. The van der Waals surface area contributed by atoms with Gasteiger partial charge in [0.1, 0.15) is 0 Å². The van der Waals surface area contributed by atoms with Crippen LogP contribution in [0.15, 0.2) is 54.6 Å². The molecule has 3 rings (SSSR count). The van der Waals surface area contributed by atoms with E-state index in [4.69, 9.17) is 0 Å². The van der Waals surface area contributed by atoms with E-state index in [2.05, 4.69) is 64.6 Å². The van der Waals surface area contributed by atoms with Gasteiger partial charge in [-0.3, -0.25) is 0 Å². The maximum atomic E-state index is 11.7. The lowest BCUT2D eigenvalue weighted by molar-refractivity contribution is 0.566. The first-order chi connectivity index (χ1) is 13.0. The van der Waals surface area contributed by atoms with Gasteiger partial charge in [0.05, 0.1) is 5.25 Å². The first-order valence-corrected chi connectivity index (χ1v) is 11.2. The van der Waals surface area contributed by atoms with Gasteiger partial charge in [-0.05, 0) is 61.0 Å². The molecule has 27 heavy (non-hydrogen) atoms. The van der Waals surface area contributed by atoms with Crippen LogP contribution in [0.1, 0.15) is 33.1 Å².